The fourth-order valence-electron chi connectivity index (χ4n) is 3.67. The van der Waals surface area contributed by atoms with Gasteiger partial charge in [0.25, 0.3) is 5.56 Å². The van der Waals surface area contributed by atoms with Gasteiger partial charge < -0.3 is 10.1 Å². The Labute approximate surface area is 183 Å². The second kappa shape index (κ2) is 9.32. The van der Waals surface area contributed by atoms with Gasteiger partial charge in [-0.15, -0.1) is 11.3 Å². The lowest BCUT2D eigenvalue weighted by molar-refractivity contribution is -0.115. The molecule has 1 aliphatic carbocycles. The number of carbonyl (C=O) groups excluding carboxylic acids is 1. The molecule has 158 valence electrons. The number of fused-ring (bicyclic) bond motifs is 3. The Kier molecular flexibility index (Phi) is 6.55. The van der Waals surface area contributed by atoms with Crippen molar-refractivity contribution in [3.63, 3.8) is 0 Å². The Balaban J connectivity index is 1.66. The van der Waals surface area contributed by atoms with E-state index in [1.807, 2.05) is 37.3 Å². The highest BCUT2D eigenvalue weighted by atomic mass is 32.2. The third-order valence-electron chi connectivity index (χ3n) is 5.25. The van der Waals surface area contributed by atoms with Gasteiger partial charge in [-0.05, 0) is 50.3 Å². The lowest BCUT2D eigenvalue weighted by Gasteiger charge is -2.16. The first-order chi connectivity index (χ1) is 14.6. The van der Waals surface area contributed by atoms with Crippen LogP contribution in [0.15, 0.2) is 40.3 Å². The van der Waals surface area contributed by atoms with E-state index in [0.717, 1.165) is 41.6 Å². The molecule has 1 atom stereocenters. The molecule has 0 saturated heterocycles. The largest absolute Gasteiger partial charge is 0.383 e. The fourth-order valence-corrected chi connectivity index (χ4v) is 5.90. The number of amides is 1. The third kappa shape index (κ3) is 4.31. The van der Waals surface area contributed by atoms with E-state index in [-0.39, 0.29) is 11.5 Å². The molecule has 1 unspecified atom stereocenters. The van der Waals surface area contributed by atoms with Crippen LogP contribution in [0.5, 0.6) is 0 Å². The molecule has 0 fully saturated rings. The predicted molar refractivity (Wildman–Crippen MR) is 123 cm³/mol. The number of rotatable bonds is 7. The zero-order valence-electron chi connectivity index (χ0n) is 17.1. The summed E-state index contributed by atoms with van der Waals surface area (Å²) >= 11 is 2.94. The number of methoxy groups -OCH3 is 1. The van der Waals surface area contributed by atoms with Gasteiger partial charge in [0.1, 0.15) is 4.83 Å². The number of para-hydroxylation sites is 1. The zero-order valence-corrected chi connectivity index (χ0v) is 18.8. The predicted octanol–water partition coefficient (Wildman–Crippen LogP) is 4.10. The Morgan fingerprint density at radius 1 is 1.30 bits per heavy atom. The second-order valence-electron chi connectivity index (χ2n) is 7.35. The summed E-state index contributed by atoms with van der Waals surface area (Å²) in [4.78, 5) is 33.0. The molecule has 4 rings (SSSR count). The molecule has 30 heavy (non-hydrogen) atoms. The van der Waals surface area contributed by atoms with Crippen molar-refractivity contribution in [1.29, 1.82) is 0 Å². The van der Waals surface area contributed by atoms with Crippen LogP contribution < -0.4 is 10.9 Å². The lowest BCUT2D eigenvalue weighted by atomic mass is 9.97. The van der Waals surface area contributed by atoms with E-state index >= 15 is 0 Å². The van der Waals surface area contributed by atoms with Gasteiger partial charge in [0.15, 0.2) is 5.16 Å². The number of hydrogen-bond donors (Lipinski definition) is 1. The van der Waals surface area contributed by atoms with E-state index in [1.54, 1.807) is 23.0 Å². The van der Waals surface area contributed by atoms with Crippen molar-refractivity contribution in [1.82, 2.24) is 9.55 Å². The van der Waals surface area contributed by atoms with Crippen molar-refractivity contribution in [3.05, 3.63) is 51.1 Å². The molecule has 3 aromatic rings. The fraction of sp³-hybridized carbons (Fsp3) is 0.409. The SMILES string of the molecule is COCCn1c(SC(C)C(=O)Nc2ccccc2)nc2sc3c(c2c1=O)CCCC3. The van der Waals surface area contributed by atoms with Gasteiger partial charge in [-0.25, -0.2) is 4.98 Å². The molecule has 1 amide bonds. The number of nitrogens with zero attached hydrogens (tertiary/aromatic N) is 2. The van der Waals surface area contributed by atoms with Gasteiger partial charge in [-0.2, -0.15) is 0 Å². The van der Waals surface area contributed by atoms with E-state index in [9.17, 15) is 9.59 Å². The Morgan fingerprint density at radius 3 is 2.83 bits per heavy atom. The molecule has 1 aliphatic rings. The van der Waals surface area contributed by atoms with Crippen molar-refractivity contribution >= 4 is 44.9 Å². The van der Waals surface area contributed by atoms with E-state index in [1.165, 1.54) is 22.2 Å². The van der Waals surface area contributed by atoms with Gasteiger partial charge >= 0.3 is 0 Å². The lowest BCUT2D eigenvalue weighted by Crippen LogP contribution is -2.28. The molecule has 0 radical (unpaired) electrons. The number of ether oxygens (including phenoxy) is 1. The van der Waals surface area contributed by atoms with Gasteiger partial charge in [0.2, 0.25) is 5.91 Å². The number of benzene rings is 1. The molecule has 0 aliphatic heterocycles. The van der Waals surface area contributed by atoms with Gasteiger partial charge in [0.05, 0.1) is 23.8 Å². The molecule has 1 aromatic carbocycles. The van der Waals surface area contributed by atoms with Crippen molar-refractivity contribution in [3.8, 4) is 0 Å². The third-order valence-corrected chi connectivity index (χ3v) is 7.53. The minimum atomic E-state index is -0.405. The number of thioether (sulfide) groups is 1. The first-order valence-corrected chi connectivity index (χ1v) is 11.8. The first-order valence-electron chi connectivity index (χ1n) is 10.1. The first kappa shape index (κ1) is 21.1. The zero-order chi connectivity index (χ0) is 21.1. The molecule has 0 saturated carbocycles. The summed E-state index contributed by atoms with van der Waals surface area (Å²) in [7, 11) is 1.62. The highest BCUT2D eigenvalue weighted by molar-refractivity contribution is 8.00. The van der Waals surface area contributed by atoms with Crippen molar-refractivity contribution < 1.29 is 9.53 Å². The highest BCUT2D eigenvalue weighted by Gasteiger charge is 2.24. The maximum absolute atomic E-state index is 13.4. The maximum Gasteiger partial charge on any atom is 0.263 e. The maximum atomic E-state index is 13.4. The molecular formula is C22H25N3O3S2. The monoisotopic (exact) mass is 443 g/mol. The summed E-state index contributed by atoms with van der Waals surface area (Å²) < 4.78 is 6.89. The number of anilines is 1. The summed E-state index contributed by atoms with van der Waals surface area (Å²) in [6.07, 6.45) is 4.24. The average Bonchev–Trinajstić information content (AvgIpc) is 3.12. The second-order valence-corrected chi connectivity index (χ2v) is 9.74. The van der Waals surface area contributed by atoms with Crippen molar-refractivity contribution in [2.75, 3.05) is 19.0 Å². The number of hydrogen-bond acceptors (Lipinski definition) is 6. The van der Waals surface area contributed by atoms with E-state index in [0.29, 0.717) is 18.3 Å². The van der Waals surface area contributed by atoms with Crippen LogP contribution in [0, 0.1) is 0 Å². The number of nitrogens with one attached hydrogen (secondary N) is 1. The Bertz CT molecular complexity index is 1110. The smallest absolute Gasteiger partial charge is 0.263 e. The molecule has 2 aromatic heterocycles. The van der Waals surface area contributed by atoms with Crippen LogP contribution in [0.3, 0.4) is 0 Å². The number of aryl methyl sites for hydroxylation is 2. The Morgan fingerprint density at radius 2 is 2.07 bits per heavy atom. The normalized spacial score (nSPS) is 14.5. The van der Waals surface area contributed by atoms with Crippen LogP contribution in [0.4, 0.5) is 5.69 Å². The molecule has 8 heteroatoms. The standard InChI is InChI=1S/C22H25N3O3S2/c1-14(19(26)23-15-8-4-3-5-9-15)29-22-24-20-18(21(27)25(22)12-13-28-2)16-10-6-7-11-17(16)30-20/h3-5,8-9,14H,6-7,10-13H2,1-2H3,(H,23,26). The van der Waals surface area contributed by atoms with Crippen LogP contribution in [-0.4, -0.2) is 34.4 Å². The van der Waals surface area contributed by atoms with Crippen LogP contribution >= 0.6 is 23.1 Å². The minimum absolute atomic E-state index is 0.0189. The quantitative estimate of drug-likeness (QED) is 0.440. The van der Waals surface area contributed by atoms with E-state index in [4.69, 9.17) is 9.72 Å². The summed E-state index contributed by atoms with van der Waals surface area (Å²) in [6.45, 7) is 2.66. The number of thiophene rings is 1. The van der Waals surface area contributed by atoms with Crippen molar-refractivity contribution in [2.45, 2.75) is 49.6 Å². The van der Waals surface area contributed by atoms with Gasteiger partial charge in [-0.1, -0.05) is 30.0 Å². The molecular weight excluding hydrogens is 418 g/mol. The average molecular weight is 444 g/mol. The molecule has 0 bridgehead atoms. The van der Waals surface area contributed by atoms with Gasteiger partial charge in [-0.3, -0.25) is 14.2 Å². The van der Waals surface area contributed by atoms with Crippen LogP contribution in [0.1, 0.15) is 30.2 Å². The van der Waals surface area contributed by atoms with E-state index in [2.05, 4.69) is 5.32 Å². The minimum Gasteiger partial charge on any atom is -0.383 e. The number of aromatic nitrogens is 2. The van der Waals surface area contributed by atoms with Crippen LogP contribution in [0.2, 0.25) is 0 Å². The highest BCUT2D eigenvalue weighted by Crippen LogP contribution is 2.35. The van der Waals surface area contributed by atoms with E-state index < -0.39 is 5.25 Å². The molecule has 0 spiro atoms. The molecule has 2 heterocycles. The van der Waals surface area contributed by atoms with Gasteiger partial charge in [0, 0.05) is 17.7 Å². The summed E-state index contributed by atoms with van der Waals surface area (Å²) in [5, 5.41) is 3.84. The summed E-state index contributed by atoms with van der Waals surface area (Å²) in [6, 6.07) is 9.37. The summed E-state index contributed by atoms with van der Waals surface area (Å²) in [5.41, 5.74) is 1.91. The topological polar surface area (TPSA) is 73.2 Å². The summed E-state index contributed by atoms with van der Waals surface area (Å²) in [5.74, 6) is -0.121. The number of carbonyl (C=O) groups is 1. The van der Waals surface area contributed by atoms with Crippen LogP contribution in [0.25, 0.3) is 10.2 Å². The molecule has 6 nitrogen and oxygen atoms in total. The van der Waals surface area contributed by atoms with Crippen molar-refractivity contribution in [2.24, 2.45) is 0 Å². The van der Waals surface area contributed by atoms with Crippen LogP contribution in [-0.2, 0) is 28.9 Å². The Hall–Kier alpha value is -2.16. The molecule has 1 N–H and O–H groups in total.